The fraction of sp³-hybridized carbons (Fsp3) is 0.512. The van der Waals surface area contributed by atoms with E-state index in [1.54, 1.807) is 27.0 Å². The molecule has 1 saturated heterocycles. The van der Waals surface area contributed by atoms with E-state index in [-0.39, 0.29) is 31.4 Å². The Balaban J connectivity index is 1.23. The highest BCUT2D eigenvalue weighted by molar-refractivity contribution is 7.87. The van der Waals surface area contributed by atoms with Gasteiger partial charge in [-0.1, -0.05) is 37.1 Å². The fourth-order valence-corrected chi connectivity index (χ4v) is 9.38. The predicted octanol–water partition coefficient (Wildman–Crippen LogP) is 5.36. The van der Waals surface area contributed by atoms with Crippen LogP contribution in [-0.4, -0.2) is 111 Å². The van der Waals surface area contributed by atoms with E-state index >= 15 is 0 Å². The number of amides is 4. The number of rotatable bonds is 9. The summed E-state index contributed by atoms with van der Waals surface area (Å²) in [5, 5.41) is 8.34. The Labute approximate surface area is 365 Å². The third kappa shape index (κ3) is 9.63. The first kappa shape index (κ1) is 44.6. The van der Waals surface area contributed by atoms with Crippen molar-refractivity contribution in [3.8, 4) is 28.0 Å². The summed E-state index contributed by atoms with van der Waals surface area (Å²) in [6, 6.07) is 9.49. The number of aromatic nitrogens is 4. The number of para-hydroxylation sites is 1. The third-order valence-electron chi connectivity index (χ3n) is 11.2. The van der Waals surface area contributed by atoms with Crippen molar-refractivity contribution in [2.24, 2.45) is 5.92 Å². The molecule has 1 aromatic carbocycles. The molecule has 0 unspecified atom stereocenters. The highest BCUT2D eigenvalue weighted by atomic mass is 32.2. The van der Waals surface area contributed by atoms with Crippen LogP contribution in [0.5, 0.6) is 6.01 Å². The standard InChI is InChI=1S/C43H55N9O8S2/c1-26(2)52-33-20-15-17-29(37-45-32(25-61-37)30-18-13-14-21-44-30)35(33)47-40(52)59-28-22-34-36(53)48-43(39(55)49-62(57,58)50(6)7)23-27(43)16-11-9-8-10-12-19-31(38(54)51(34)24-28)46-41(56)60-42(3,4)5/h11,13-18,20-21,25-28,31,34H,8-10,12,19,22-24H2,1-7H3,(H,46,56)(H,48,53)(H,49,55)/b16-11-/t27-,28-,31+,34+,43-/m1/s1. The van der Waals surface area contributed by atoms with Gasteiger partial charge in [0.1, 0.15) is 45.5 Å². The van der Waals surface area contributed by atoms with E-state index in [0.29, 0.717) is 24.8 Å². The zero-order valence-electron chi connectivity index (χ0n) is 36.1. The monoisotopic (exact) mass is 889 g/mol. The summed E-state index contributed by atoms with van der Waals surface area (Å²) >= 11 is 1.48. The first-order valence-electron chi connectivity index (χ1n) is 20.9. The molecule has 0 spiro atoms. The second-order valence-electron chi connectivity index (χ2n) is 17.5. The SMILES string of the molecule is CC(C)n1c(O[C@@H]2C[C@H]3C(=O)N[C@]4(C(=O)NS(=O)(=O)N(C)C)C[C@H]4/C=C\CCCCC[C@H](NC(=O)OC(C)(C)C)C(=O)N3C2)nc2c(-c3nc(-c4ccccn4)cs3)cccc21. The van der Waals surface area contributed by atoms with Crippen LogP contribution < -0.4 is 20.1 Å². The van der Waals surface area contributed by atoms with Crippen molar-refractivity contribution in [2.75, 3.05) is 20.6 Å². The predicted molar refractivity (Wildman–Crippen MR) is 234 cm³/mol. The highest BCUT2D eigenvalue weighted by Gasteiger charge is 2.62. The molecule has 62 heavy (non-hydrogen) atoms. The minimum atomic E-state index is -4.19. The molecule has 332 valence electrons. The molecule has 4 amide bonds. The van der Waals surface area contributed by atoms with Gasteiger partial charge < -0.3 is 25.0 Å². The molecule has 3 aliphatic rings. The van der Waals surface area contributed by atoms with Crippen LogP contribution in [0.15, 0.2) is 60.1 Å². The lowest BCUT2D eigenvalue weighted by Crippen LogP contribution is -2.58. The zero-order chi connectivity index (χ0) is 44.6. The number of carbonyl (C=O) groups excluding carboxylic acids is 4. The molecule has 1 aliphatic carbocycles. The van der Waals surface area contributed by atoms with Crippen molar-refractivity contribution in [1.29, 1.82) is 0 Å². The van der Waals surface area contributed by atoms with Crippen molar-refractivity contribution in [3.05, 3.63) is 60.1 Å². The molecule has 2 aliphatic heterocycles. The van der Waals surface area contributed by atoms with Gasteiger partial charge in [0.2, 0.25) is 11.8 Å². The molecular formula is C43H55N9O8S2. The van der Waals surface area contributed by atoms with Gasteiger partial charge in [-0.3, -0.25) is 23.9 Å². The van der Waals surface area contributed by atoms with Gasteiger partial charge in [0.25, 0.3) is 11.9 Å². The summed E-state index contributed by atoms with van der Waals surface area (Å²) in [7, 11) is -1.60. The highest BCUT2D eigenvalue weighted by Crippen LogP contribution is 2.46. The van der Waals surface area contributed by atoms with Crippen LogP contribution in [-0.2, 0) is 29.3 Å². The number of alkyl carbamates (subject to hydrolysis) is 1. The van der Waals surface area contributed by atoms with Gasteiger partial charge in [0, 0.05) is 49.6 Å². The van der Waals surface area contributed by atoms with E-state index < -0.39 is 69.3 Å². The van der Waals surface area contributed by atoms with Gasteiger partial charge in [-0.25, -0.2) is 14.5 Å². The van der Waals surface area contributed by atoms with Crippen molar-refractivity contribution >= 4 is 56.4 Å². The number of benzene rings is 1. The number of carbonyl (C=O) groups is 4. The topological polar surface area (TPSA) is 207 Å². The van der Waals surface area contributed by atoms with Gasteiger partial charge in [-0.05, 0) is 84.6 Å². The van der Waals surface area contributed by atoms with E-state index in [0.717, 1.165) is 44.6 Å². The molecule has 3 N–H and O–H groups in total. The summed E-state index contributed by atoms with van der Waals surface area (Å²) in [4.78, 5) is 72.0. The number of hydrogen-bond donors (Lipinski definition) is 3. The molecule has 3 aromatic heterocycles. The number of imidazole rings is 1. The Hall–Kier alpha value is -5.40. The number of nitrogens with one attached hydrogen (secondary N) is 3. The molecule has 19 heteroatoms. The number of pyridine rings is 1. The smallest absolute Gasteiger partial charge is 0.408 e. The molecule has 0 bridgehead atoms. The zero-order valence-corrected chi connectivity index (χ0v) is 37.7. The van der Waals surface area contributed by atoms with E-state index in [9.17, 15) is 27.6 Å². The number of ether oxygens (including phenoxy) is 2. The maximum Gasteiger partial charge on any atom is 0.408 e. The van der Waals surface area contributed by atoms with Crippen LogP contribution in [0.3, 0.4) is 0 Å². The number of allylic oxidation sites excluding steroid dienone is 1. The average molecular weight is 890 g/mol. The first-order chi connectivity index (χ1) is 29.4. The Bertz CT molecular complexity index is 2460. The molecule has 0 radical (unpaired) electrons. The van der Waals surface area contributed by atoms with Crippen molar-refractivity contribution in [1.82, 2.24) is 44.1 Å². The minimum Gasteiger partial charge on any atom is -0.459 e. The number of thiazole rings is 1. The largest absolute Gasteiger partial charge is 0.459 e. The van der Waals surface area contributed by atoms with E-state index in [2.05, 4.69) is 20.3 Å². The van der Waals surface area contributed by atoms with Crippen molar-refractivity contribution in [2.45, 2.75) is 115 Å². The Kier molecular flexibility index (Phi) is 12.8. The summed E-state index contributed by atoms with van der Waals surface area (Å²) in [5.74, 6) is -2.52. The minimum absolute atomic E-state index is 0.0129. The second-order valence-corrected chi connectivity index (χ2v) is 20.3. The van der Waals surface area contributed by atoms with E-state index in [1.807, 2.05) is 72.3 Å². The first-order valence-corrected chi connectivity index (χ1v) is 23.3. The average Bonchev–Trinajstić information content (AvgIpc) is 3.56. The lowest BCUT2D eigenvalue weighted by atomic mass is 10.0. The van der Waals surface area contributed by atoms with Crippen LogP contribution in [0.25, 0.3) is 33.0 Å². The van der Waals surface area contributed by atoms with Gasteiger partial charge >= 0.3 is 16.3 Å². The molecular weight excluding hydrogens is 835 g/mol. The van der Waals surface area contributed by atoms with Gasteiger partial charge in [0.15, 0.2) is 0 Å². The summed E-state index contributed by atoms with van der Waals surface area (Å²) in [6.45, 7) is 9.15. The van der Waals surface area contributed by atoms with Crippen molar-refractivity contribution in [3.63, 3.8) is 0 Å². The number of hydrogen-bond acceptors (Lipinski definition) is 12. The maximum atomic E-state index is 14.7. The lowest BCUT2D eigenvalue weighted by Gasteiger charge is -2.30. The summed E-state index contributed by atoms with van der Waals surface area (Å²) in [6.07, 6.45) is 7.23. The van der Waals surface area contributed by atoms with Gasteiger partial charge in [-0.2, -0.15) is 17.7 Å². The maximum absolute atomic E-state index is 14.7. The Morgan fingerprint density at radius 1 is 1.05 bits per heavy atom. The van der Waals surface area contributed by atoms with E-state index in [1.165, 1.54) is 30.3 Å². The van der Waals surface area contributed by atoms with Crippen LogP contribution in [0.2, 0.25) is 0 Å². The normalized spacial score (nSPS) is 24.1. The Morgan fingerprint density at radius 2 is 1.84 bits per heavy atom. The van der Waals surface area contributed by atoms with Gasteiger partial charge in [-0.15, -0.1) is 11.3 Å². The molecule has 2 fully saturated rings. The van der Waals surface area contributed by atoms with Crippen LogP contribution in [0.1, 0.15) is 85.6 Å². The molecule has 5 heterocycles. The van der Waals surface area contributed by atoms with E-state index in [4.69, 9.17) is 19.4 Å². The number of fused-ring (bicyclic) bond motifs is 3. The summed E-state index contributed by atoms with van der Waals surface area (Å²) < 4.78 is 42.8. The van der Waals surface area contributed by atoms with Crippen LogP contribution in [0.4, 0.5) is 4.79 Å². The lowest BCUT2D eigenvalue weighted by molar-refractivity contribution is -0.141. The molecule has 17 nitrogen and oxygen atoms in total. The fourth-order valence-electron chi connectivity index (χ4n) is 7.94. The Morgan fingerprint density at radius 3 is 2.55 bits per heavy atom. The third-order valence-corrected chi connectivity index (χ3v) is 13.5. The van der Waals surface area contributed by atoms with Crippen molar-refractivity contribution < 1.29 is 37.1 Å². The van der Waals surface area contributed by atoms with Crippen LogP contribution in [0, 0.1) is 5.92 Å². The van der Waals surface area contributed by atoms with Crippen LogP contribution >= 0.6 is 11.3 Å². The second kappa shape index (κ2) is 17.8. The summed E-state index contributed by atoms with van der Waals surface area (Å²) in [5.41, 5.74) is 1.36. The quantitative estimate of drug-likeness (QED) is 0.182. The number of nitrogens with zero attached hydrogens (tertiary/aromatic N) is 6. The molecule has 7 rings (SSSR count). The molecule has 1 saturated carbocycles. The van der Waals surface area contributed by atoms with Gasteiger partial charge in [0.05, 0.1) is 17.8 Å². The molecule has 4 aromatic rings. The molecule has 5 atom stereocenters.